The maximum absolute atomic E-state index is 13.3. The Morgan fingerprint density at radius 2 is 1.40 bits per heavy atom. The Bertz CT molecular complexity index is 1430. The lowest BCUT2D eigenvalue weighted by Gasteiger charge is -2.34. The van der Waals surface area contributed by atoms with E-state index >= 15 is 0 Å². The number of fused-ring (bicyclic) bond motifs is 1. The predicted octanol–water partition coefficient (Wildman–Crippen LogP) is 6.37. The molecule has 3 heterocycles. The van der Waals surface area contributed by atoms with Crippen molar-refractivity contribution in [1.82, 2.24) is 14.7 Å². The Hall–Kier alpha value is -3.49. The summed E-state index contributed by atoms with van der Waals surface area (Å²) in [5.74, 6) is 0.522. The molecule has 8 heteroatoms. The van der Waals surface area contributed by atoms with E-state index in [-0.39, 0.29) is 5.91 Å². The number of aliphatic imine (C=N–C) groups is 1. The van der Waals surface area contributed by atoms with Gasteiger partial charge in [-0.25, -0.2) is 4.99 Å². The second-order valence-corrected chi connectivity index (χ2v) is 11.9. The molecule has 220 valence electrons. The van der Waals surface area contributed by atoms with Crippen LogP contribution in [0.2, 0.25) is 0 Å². The van der Waals surface area contributed by atoms with Gasteiger partial charge in [0.05, 0.1) is 11.3 Å². The summed E-state index contributed by atoms with van der Waals surface area (Å²) in [5, 5.41) is 0. The van der Waals surface area contributed by atoms with Gasteiger partial charge in [-0.2, -0.15) is 13.2 Å². The first kappa shape index (κ1) is 28.6. The van der Waals surface area contributed by atoms with Crippen molar-refractivity contribution in [2.24, 2.45) is 4.99 Å². The molecule has 0 unspecified atom stereocenters. The monoisotopic (exact) mass is 574 g/mol. The smallest absolute Gasteiger partial charge is 0.335 e. The number of carbonyl (C=O) groups excluding carboxylic acids is 1. The second-order valence-electron chi connectivity index (χ2n) is 11.9. The number of nitrogens with zero attached hydrogens (tertiary/aromatic N) is 4. The average molecular weight is 575 g/mol. The van der Waals surface area contributed by atoms with E-state index in [1.807, 2.05) is 4.90 Å². The highest BCUT2D eigenvalue weighted by molar-refractivity contribution is 6.40. The van der Waals surface area contributed by atoms with Crippen LogP contribution in [0.3, 0.4) is 0 Å². The molecule has 0 N–H and O–H groups in total. The summed E-state index contributed by atoms with van der Waals surface area (Å²) in [6.45, 7) is 8.39. The minimum atomic E-state index is -4.32. The fourth-order valence-corrected chi connectivity index (χ4v) is 6.32. The molecule has 0 aromatic heterocycles. The van der Waals surface area contributed by atoms with Crippen molar-refractivity contribution in [3.05, 3.63) is 100 Å². The van der Waals surface area contributed by atoms with E-state index in [9.17, 15) is 18.0 Å². The van der Waals surface area contributed by atoms with Gasteiger partial charge in [0.15, 0.2) is 0 Å². The highest BCUT2D eigenvalue weighted by Gasteiger charge is 2.31. The third kappa shape index (κ3) is 6.60. The van der Waals surface area contributed by atoms with Crippen LogP contribution in [-0.4, -0.2) is 65.6 Å². The molecule has 0 spiro atoms. The standard InChI is InChI=1S/C34H37F3N4O/c1-24-2-4-25(5-3-24)22-39-14-12-27(13-15-39)28-8-11-31-29(20-28)21-32(38-31)33(42)41-18-16-40(17-19-41)23-26-6-9-30(10-7-26)34(35,36)37/h2-11,20,27H,12-19,21-23H2,1H3. The van der Waals surface area contributed by atoms with Crippen LogP contribution in [0.15, 0.2) is 71.7 Å². The maximum atomic E-state index is 13.3. The molecular weight excluding hydrogens is 537 g/mol. The van der Waals surface area contributed by atoms with Crippen LogP contribution in [0.4, 0.5) is 18.9 Å². The zero-order valence-corrected chi connectivity index (χ0v) is 24.0. The molecule has 6 rings (SSSR count). The van der Waals surface area contributed by atoms with Gasteiger partial charge < -0.3 is 4.90 Å². The number of piperazine rings is 1. The molecule has 3 aromatic rings. The van der Waals surface area contributed by atoms with E-state index in [0.717, 1.165) is 61.4 Å². The number of likely N-dealkylation sites (tertiary alicyclic amines) is 1. The summed E-state index contributed by atoms with van der Waals surface area (Å²) in [7, 11) is 0. The zero-order chi connectivity index (χ0) is 29.3. The summed E-state index contributed by atoms with van der Waals surface area (Å²) in [6.07, 6.45) is -1.49. The lowest BCUT2D eigenvalue weighted by atomic mass is 9.88. The molecule has 0 atom stereocenters. The molecule has 0 aliphatic carbocycles. The summed E-state index contributed by atoms with van der Waals surface area (Å²) in [5.41, 5.74) is 6.86. The van der Waals surface area contributed by atoms with Gasteiger partial charge in [-0.15, -0.1) is 0 Å². The number of hydrogen-bond donors (Lipinski definition) is 0. The van der Waals surface area contributed by atoms with Crippen molar-refractivity contribution in [3.63, 3.8) is 0 Å². The molecule has 0 saturated carbocycles. The van der Waals surface area contributed by atoms with Gasteiger partial charge in [-0.3, -0.25) is 14.6 Å². The first-order chi connectivity index (χ1) is 20.2. The van der Waals surface area contributed by atoms with Crippen LogP contribution >= 0.6 is 0 Å². The first-order valence-electron chi connectivity index (χ1n) is 14.9. The Morgan fingerprint density at radius 3 is 2.02 bits per heavy atom. The summed E-state index contributed by atoms with van der Waals surface area (Å²) >= 11 is 0. The number of alkyl halides is 3. The van der Waals surface area contributed by atoms with E-state index in [1.54, 1.807) is 0 Å². The number of rotatable bonds is 6. The largest absolute Gasteiger partial charge is 0.416 e. The van der Waals surface area contributed by atoms with Crippen LogP contribution in [0.1, 0.15) is 52.1 Å². The Morgan fingerprint density at radius 1 is 0.810 bits per heavy atom. The van der Waals surface area contributed by atoms with Gasteiger partial charge in [0.25, 0.3) is 5.91 Å². The van der Waals surface area contributed by atoms with Gasteiger partial charge >= 0.3 is 6.18 Å². The first-order valence-corrected chi connectivity index (χ1v) is 14.9. The van der Waals surface area contributed by atoms with Crippen molar-refractivity contribution in [1.29, 1.82) is 0 Å². The molecule has 3 aliphatic heterocycles. The fourth-order valence-electron chi connectivity index (χ4n) is 6.32. The van der Waals surface area contributed by atoms with Crippen LogP contribution < -0.4 is 0 Å². The molecule has 3 aromatic carbocycles. The van der Waals surface area contributed by atoms with Crippen molar-refractivity contribution in [2.75, 3.05) is 39.3 Å². The summed E-state index contributed by atoms with van der Waals surface area (Å²) < 4.78 is 38.5. The highest BCUT2D eigenvalue weighted by Crippen LogP contribution is 2.35. The van der Waals surface area contributed by atoms with Crippen LogP contribution in [0.5, 0.6) is 0 Å². The van der Waals surface area contributed by atoms with Crippen LogP contribution in [-0.2, 0) is 30.5 Å². The second kappa shape index (κ2) is 12.0. The molecule has 2 saturated heterocycles. The van der Waals surface area contributed by atoms with Gasteiger partial charge in [0, 0.05) is 45.7 Å². The molecule has 1 amide bonds. The number of carbonyl (C=O) groups is 1. The van der Waals surface area contributed by atoms with Crippen molar-refractivity contribution >= 4 is 17.3 Å². The SMILES string of the molecule is Cc1ccc(CN2CCC(c3ccc4c(c3)CC(C(=O)N3CCN(Cc5ccc(C(F)(F)F)cc5)CC3)=N4)CC2)cc1. The van der Waals surface area contributed by atoms with E-state index in [1.165, 1.54) is 28.8 Å². The Balaban J connectivity index is 0.979. The van der Waals surface area contributed by atoms with Crippen molar-refractivity contribution in [3.8, 4) is 0 Å². The molecule has 2 fully saturated rings. The van der Waals surface area contributed by atoms with Crippen LogP contribution in [0.25, 0.3) is 0 Å². The van der Waals surface area contributed by atoms with Crippen LogP contribution in [0, 0.1) is 6.92 Å². The Kier molecular flexibility index (Phi) is 8.19. The summed E-state index contributed by atoms with van der Waals surface area (Å²) in [6, 6.07) is 20.7. The number of hydrogen-bond acceptors (Lipinski definition) is 4. The maximum Gasteiger partial charge on any atom is 0.416 e. The van der Waals surface area contributed by atoms with E-state index in [2.05, 4.69) is 59.2 Å². The van der Waals surface area contributed by atoms with Gasteiger partial charge in [0.2, 0.25) is 0 Å². The van der Waals surface area contributed by atoms with E-state index < -0.39 is 11.7 Å². The molecule has 3 aliphatic rings. The minimum absolute atomic E-state index is 0.00801. The average Bonchev–Trinajstić information content (AvgIpc) is 3.42. The number of benzene rings is 3. The number of piperidine rings is 1. The quantitative estimate of drug-likeness (QED) is 0.344. The van der Waals surface area contributed by atoms with Crippen molar-refractivity contribution in [2.45, 2.75) is 51.4 Å². The molecular formula is C34H37F3N4O. The lowest BCUT2D eigenvalue weighted by molar-refractivity contribution is -0.137. The lowest BCUT2D eigenvalue weighted by Crippen LogP contribution is -2.50. The third-order valence-electron chi connectivity index (χ3n) is 8.90. The molecule has 0 radical (unpaired) electrons. The fraction of sp³-hybridized carbons (Fsp3) is 0.412. The number of halogens is 3. The summed E-state index contributed by atoms with van der Waals surface area (Å²) in [4.78, 5) is 24.6. The third-order valence-corrected chi connectivity index (χ3v) is 8.90. The predicted molar refractivity (Wildman–Crippen MR) is 159 cm³/mol. The van der Waals surface area contributed by atoms with Gasteiger partial charge in [0.1, 0.15) is 5.71 Å². The van der Waals surface area contributed by atoms with Gasteiger partial charge in [-0.05, 0) is 79.2 Å². The number of aryl methyl sites for hydroxylation is 1. The molecule has 0 bridgehead atoms. The molecule has 42 heavy (non-hydrogen) atoms. The van der Waals surface area contributed by atoms with Gasteiger partial charge in [-0.1, -0.05) is 54.1 Å². The van der Waals surface area contributed by atoms with E-state index in [4.69, 9.17) is 4.99 Å². The minimum Gasteiger partial charge on any atom is -0.335 e. The number of amides is 1. The molecule has 5 nitrogen and oxygen atoms in total. The zero-order valence-electron chi connectivity index (χ0n) is 24.0. The highest BCUT2D eigenvalue weighted by atomic mass is 19.4. The topological polar surface area (TPSA) is 39.2 Å². The van der Waals surface area contributed by atoms with E-state index in [0.29, 0.717) is 50.8 Å². The Labute approximate surface area is 245 Å². The van der Waals surface area contributed by atoms with Crippen molar-refractivity contribution < 1.29 is 18.0 Å². The normalized spacial score (nSPS) is 18.7.